The predicted octanol–water partition coefficient (Wildman–Crippen LogP) is 0.333. The molecule has 1 aliphatic rings. The van der Waals surface area contributed by atoms with Crippen LogP contribution in [0.2, 0.25) is 0 Å². The van der Waals surface area contributed by atoms with Crippen LogP contribution >= 0.6 is 11.8 Å². The maximum atomic E-state index is 11.4. The molecule has 0 radical (unpaired) electrons. The first-order valence-corrected chi connectivity index (χ1v) is 7.93. The molecule has 0 aliphatic carbocycles. The van der Waals surface area contributed by atoms with Crippen molar-refractivity contribution >= 4 is 21.6 Å². The van der Waals surface area contributed by atoms with Gasteiger partial charge in [-0.3, -0.25) is 0 Å². The molecule has 0 aromatic carbocycles. The molecule has 1 aromatic rings. The Kier molecular flexibility index (Phi) is 3.40. The van der Waals surface area contributed by atoms with Crippen LogP contribution in [0.15, 0.2) is 5.16 Å². The largest absolute Gasteiger partial charge is 0.309 e. The zero-order chi connectivity index (χ0) is 12.5. The topological polar surface area (TPSA) is 88.6 Å². The Morgan fingerprint density at radius 2 is 2.35 bits per heavy atom. The van der Waals surface area contributed by atoms with Crippen LogP contribution in [0.25, 0.3) is 0 Å². The molecule has 17 heavy (non-hydrogen) atoms. The Morgan fingerprint density at radius 3 is 2.94 bits per heavy atom. The van der Waals surface area contributed by atoms with E-state index < -0.39 is 9.84 Å². The molecule has 0 spiro atoms. The van der Waals surface area contributed by atoms with Crippen LogP contribution in [0.1, 0.15) is 18.2 Å². The Balaban J connectivity index is 2.18. The number of hydrogen-bond acceptors (Lipinski definition) is 6. The van der Waals surface area contributed by atoms with Gasteiger partial charge in [-0.15, -0.1) is 10.2 Å². The van der Waals surface area contributed by atoms with Gasteiger partial charge in [-0.1, -0.05) is 11.8 Å². The monoisotopic (exact) mass is 272 g/mol. The van der Waals surface area contributed by atoms with Crippen molar-refractivity contribution in [3.05, 3.63) is 5.82 Å². The number of sulfone groups is 1. The summed E-state index contributed by atoms with van der Waals surface area (Å²) in [6.45, 7) is 0. The number of nitrogens with zero attached hydrogens (tertiary/aromatic N) is 4. The lowest BCUT2D eigenvalue weighted by Gasteiger charge is -2.06. The number of rotatable bonds is 3. The Morgan fingerprint density at radius 1 is 1.59 bits per heavy atom. The molecule has 0 amide bonds. The predicted molar refractivity (Wildman–Crippen MR) is 63.4 cm³/mol. The minimum atomic E-state index is -2.91. The highest BCUT2D eigenvalue weighted by molar-refractivity contribution is 7.99. The van der Waals surface area contributed by atoms with Gasteiger partial charge in [0.15, 0.2) is 15.0 Å². The quantitative estimate of drug-likeness (QED) is 0.737. The molecule has 0 bridgehead atoms. The zero-order valence-electron chi connectivity index (χ0n) is 9.33. The average molecular weight is 272 g/mol. The summed E-state index contributed by atoms with van der Waals surface area (Å²) in [4.78, 5) is 0. The van der Waals surface area contributed by atoms with E-state index >= 15 is 0 Å². The number of aromatic nitrogens is 3. The summed E-state index contributed by atoms with van der Waals surface area (Å²) < 4.78 is 24.6. The van der Waals surface area contributed by atoms with Gasteiger partial charge in [-0.25, -0.2) is 8.42 Å². The van der Waals surface area contributed by atoms with Crippen LogP contribution in [0, 0.1) is 11.3 Å². The number of nitriles is 1. The maximum absolute atomic E-state index is 11.4. The molecule has 1 aromatic heterocycles. The highest BCUT2D eigenvalue weighted by Crippen LogP contribution is 2.29. The minimum Gasteiger partial charge on any atom is -0.309 e. The first-order chi connectivity index (χ1) is 8.03. The minimum absolute atomic E-state index is 0.0612. The van der Waals surface area contributed by atoms with Crippen LogP contribution in [0.3, 0.4) is 0 Å². The molecule has 1 aliphatic heterocycles. The second-order valence-corrected chi connectivity index (χ2v) is 7.12. The molecule has 0 saturated carbocycles. The molecule has 8 heteroatoms. The van der Waals surface area contributed by atoms with Gasteiger partial charge in [0.2, 0.25) is 0 Å². The van der Waals surface area contributed by atoms with Crippen LogP contribution < -0.4 is 0 Å². The van der Waals surface area contributed by atoms with Crippen molar-refractivity contribution < 1.29 is 8.42 Å². The van der Waals surface area contributed by atoms with E-state index in [1.165, 1.54) is 11.8 Å². The van der Waals surface area contributed by atoms with Gasteiger partial charge in [0.1, 0.15) is 5.82 Å². The van der Waals surface area contributed by atoms with E-state index in [1.807, 2.05) is 6.07 Å². The first kappa shape index (κ1) is 12.4. The van der Waals surface area contributed by atoms with E-state index in [2.05, 4.69) is 10.2 Å². The Labute approximate surface area is 104 Å². The SMILES string of the molecule is Cn1c(SCC#N)nnc1C1CCS(=O)(=O)C1. The summed E-state index contributed by atoms with van der Waals surface area (Å²) in [5, 5.41) is 17.2. The third kappa shape index (κ3) is 2.61. The fourth-order valence-corrected chi connectivity index (χ4v) is 4.22. The first-order valence-electron chi connectivity index (χ1n) is 5.13. The van der Waals surface area contributed by atoms with Crippen molar-refractivity contribution in [2.75, 3.05) is 17.3 Å². The van der Waals surface area contributed by atoms with Crippen LogP contribution in [0.5, 0.6) is 0 Å². The number of thioether (sulfide) groups is 1. The van der Waals surface area contributed by atoms with Crippen LogP contribution in [-0.4, -0.2) is 40.4 Å². The van der Waals surface area contributed by atoms with E-state index in [9.17, 15) is 8.42 Å². The van der Waals surface area contributed by atoms with Crippen molar-refractivity contribution in [1.82, 2.24) is 14.8 Å². The zero-order valence-corrected chi connectivity index (χ0v) is 11.0. The third-order valence-electron chi connectivity index (χ3n) is 2.73. The second-order valence-electron chi connectivity index (χ2n) is 3.95. The molecule has 6 nitrogen and oxygen atoms in total. The van der Waals surface area contributed by atoms with Gasteiger partial charge < -0.3 is 4.57 Å². The molecular weight excluding hydrogens is 260 g/mol. The fourth-order valence-electron chi connectivity index (χ4n) is 1.90. The summed E-state index contributed by atoms with van der Waals surface area (Å²) >= 11 is 1.31. The highest BCUT2D eigenvalue weighted by atomic mass is 32.2. The van der Waals surface area contributed by atoms with Gasteiger partial charge in [0.25, 0.3) is 0 Å². The van der Waals surface area contributed by atoms with Gasteiger partial charge in [-0.05, 0) is 6.42 Å². The van der Waals surface area contributed by atoms with E-state index in [-0.39, 0.29) is 17.4 Å². The van der Waals surface area contributed by atoms with E-state index in [0.717, 1.165) is 0 Å². The Bertz CT molecular complexity index is 558. The van der Waals surface area contributed by atoms with E-state index in [0.29, 0.717) is 23.2 Å². The van der Waals surface area contributed by atoms with Crippen LogP contribution in [-0.2, 0) is 16.9 Å². The summed E-state index contributed by atoms with van der Waals surface area (Å²) in [7, 11) is -1.10. The van der Waals surface area contributed by atoms with E-state index in [1.54, 1.807) is 11.6 Å². The van der Waals surface area contributed by atoms with E-state index in [4.69, 9.17) is 5.26 Å². The molecule has 2 heterocycles. The maximum Gasteiger partial charge on any atom is 0.191 e. The molecular formula is C9H12N4O2S2. The second kappa shape index (κ2) is 4.66. The van der Waals surface area contributed by atoms with Crippen LogP contribution in [0.4, 0.5) is 0 Å². The summed E-state index contributed by atoms with van der Waals surface area (Å²) in [5.74, 6) is 1.34. The molecule has 1 atom stereocenters. The molecule has 1 fully saturated rings. The molecule has 0 N–H and O–H groups in total. The Hall–Kier alpha value is -1.07. The van der Waals surface area contributed by atoms with Crippen molar-refractivity contribution in [3.8, 4) is 6.07 Å². The lowest BCUT2D eigenvalue weighted by atomic mass is 10.1. The molecule has 92 valence electrons. The van der Waals surface area contributed by atoms with Crippen molar-refractivity contribution in [2.45, 2.75) is 17.5 Å². The van der Waals surface area contributed by atoms with Gasteiger partial charge >= 0.3 is 0 Å². The van der Waals surface area contributed by atoms with Gasteiger partial charge in [-0.2, -0.15) is 5.26 Å². The molecule has 1 saturated heterocycles. The standard InChI is InChI=1S/C9H12N4O2S2/c1-13-8(7-2-5-17(14,15)6-7)11-12-9(13)16-4-3-10/h7H,2,4-6H2,1H3. The molecule has 1 unspecified atom stereocenters. The summed E-state index contributed by atoms with van der Waals surface area (Å²) in [6.07, 6.45) is 0.608. The lowest BCUT2D eigenvalue weighted by Crippen LogP contribution is -2.09. The van der Waals surface area contributed by atoms with Crippen molar-refractivity contribution in [2.24, 2.45) is 7.05 Å². The molecule has 2 rings (SSSR count). The fraction of sp³-hybridized carbons (Fsp3) is 0.667. The van der Waals surface area contributed by atoms with Gasteiger partial charge in [0.05, 0.1) is 23.3 Å². The normalized spacial score (nSPS) is 22.5. The summed E-state index contributed by atoms with van der Waals surface area (Å²) in [6, 6.07) is 2.02. The van der Waals surface area contributed by atoms with Crippen molar-refractivity contribution in [3.63, 3.8) is 0 Å². The van der Waals surface area contributed by atoms with Gasteiger partial charge in [0, 0.05) is 13.0 Å². The lowest BCUT2D eigenvalue weighted by molar-refractivity contribution is 0.599. The third-order valence-corrected chi connectivity index (χ3v) is 5.39. The average Bonchev–Trinajstić information content (AvgIpc) is 2.79. The highest BCUT2D eigenvalue weighted by Gasteiger charge is 2.32. The number of hydrogen-bond donors (Lipinski definition) is 0. The smallest absolute Gasteiger partial charge is 0.191 e. The van der Waals surface area contributed by atoms with Crippen molar-refractivity contribution in [1.29, 1.82) is 5.26 Å². The summed E-state index contributed by atoms with van der Waals surface area (Å²) in [5.41, 5.74) is 0.